The third-order valence-electron chi connectivity index (χ3n) is 4.34. The first-order valence-corrected chi connectivity index (χ1v) is 11.0. The molecule has 28 heavy (non-hydrogen) atoms. The molecule has 0 aliphatic carbocycles. The molecule has 1 amide bonds. The van der Waals surface area contributed by atoms with Crippen molar-refractivity contribution in [1.82, 2.24) is 4.31 Å². The third kappa shape index (κ3) is 5.17. The number of nitrogens with one attached hydrogen (secondary N) is 1. The Morgan fingerprint density at radius 1 is 1.04 bits per heavy atom. The van der Waals surface area contributed by atoms with E-state index < -0.39 is 10.0 Å². The first kappa shape index (κ1) is 20.9. The van der Waals surface area contributed by atoms with E-state index >= 15 is 0 Å². The fourth-order valence-electron chi connectivity index (χ4n) is 2.89. The van der Waals surface area contributed by atoms with Gasteiger partial charge in [-0.1, -0.05) is 29.6 Å². The van der Waals surface area contributed by atoms with Crippen LogP contribution < -0.4 is 10.1 Å². The molecule has 9 heteroatoms. The van der Waals surface area contributed by atoms with Gasteiger partial charge in [-0.25, -0.2) is 8.42 Å². The van der Waals surface area contributed by atoms with E-state index in [1.807, 2.05) is 0 Å². The van der Waals surface area contributed by atoms with Gasteiger partial charge >= 0.3 is 0 Å². The zero-order valence-corrected chi connectivity index (χ0v) is 17.4. The highest BCUT2D eigenvalue weighted by molar-refractivity contribution is 7.89. The van der Waals surface area contributed by atoms with Crippen molar-refractivity contribution in [3.63, 3.8) is 0 Å². The molecule has 3 rings (SSSR count). The predicted octanol–water partition coefficient (Wildman–Crippen LogP) is 4.19. The van der Waals surface area contributed by atoms with Crippen LogP contribution in [0.3, 0.4) is 0 Å². The van der Waals surface area contributed by atoms with E-state index in [4.69, 9.17) is 27.9 Å². The van der Waals surface area contributed by atoms with Gasteiger partial charge in [0.15, 0.2) is 6.61 Å². The minimum absolute atomic E-state index is 0.123. The summed E-state index contributed by atoms with van der Waals surface area (Å²) in [5.41, 5.74) is 0.590. The molecule has 1 fully saturated rings. The van der Waals surface area contributed by atoms with Gasteiger partial charge in [-0.3, -0.25) is 4.79 Å². The summed E-state index contributed by atoms with van der Waals surface area (Å²) in [6, 6.07) is 10.9. The maximum absolute atomic E-state index is 12.7. The summed E-state index contributed by atoms with van der Waals surface area (Å²) in [5.74, 6) is -0.131. The number of halogens is 2. The number of rotatable bonds is 6. The SMILES string of the molecule is O=C(COc1ccc(S(=O)(=O)N2CCCCC2)cc1Cl)Nc1ccc(Cl)cc1. The van der Waals surface area contributed by atoms with Gasteiger partial charge in [0, 0.05) is 23.8 Å². The van der Waals surface area contributed by atoms with E-state index in [0.717, 1.165) is 19.3 Å². The fraction of sp³-hybridized carbons (Fsp3) is 0.316. The number of nitrogens with zero attached hydrogens (tertiary/aromatic N) is 1. The van der Waals surface area contributed by atoms with Crippen LogP contribution in [0.4, 0.5) is 5.69 Å². The molecule has 1 aliphatic heterocycles. The van der Waals surface area contributed by atoms with E-state index in [9.17, 15) is 13.2 Å². The molecule has 0 atom stereocenters. The van der Waals surface area contributed by atoms with Gasteiger partial charge in [-0.05, 0) is 55.3 Å². The molecule has 1 saturated heterocycles. The number of sulfonamides is 1. The normalized spacial score (nSPS) is 15.2. The zero-order valence-electron chi connectivity index (χ0n) is 15.0. The molecule has 2 aromatic rings. The van der Waals surface area contributed by atoms with Crippen LogP contribution in [0.1, 0.15) is 19.3 Å². The highest BCUT2D eigenvalue weighted by Crippen LogP contribution is 2.29. The Balaban J connectivity index is 1.62. The smallest absolute Gasteiger partial charge is 0.262 e. The van der Waals surface area contributed by atoms with Crippen molar-refractivity contribution in [3.05, 3.63) is 52.5 Å². The molecule has 2 aromatic carbocycles. The van der Waals surface area contributed by atoms with Gasteiger partial charge < -0.3 is 10.1 Å². The number of anilines is 1. The van der Waals surface area contributed by atoms with E-state index in [2.05, 4.69) is 5.32 Å². The van der Waals surface area contributed by atoms with Crippen LogP contribution in [0.15, 0.2) is 47.4 Å². The second kappa shape index (κ2) is 9.13. The maximum Gasteiger partial charge on any atom is 0.262 e. The number of hydrogen-bond donors (Lipinski definition) is 1. The Labute approximate surface area is 174 Å². The van der Waals surface area contributed by atoms with Gasteiger partial charge in [-0.15, -0.1) is 0 Å². The van der Waals surface area contributed by atoms with Gasteiger partial charge in [0.05, 0.1) is 9.92 Å². The molecular weight excluding hydrogens is 423 g/mol. The lowest BCUT2D eigenvalue weighted by atomic mass is 10.2. The fourth-order valence-corrected chi connectivity index (χ4v) is 4.86. The summed E-state index contributed by atoms with van der Waals surface area (Å²) >= 11 is 12.0. The molecule has 0 bridgehead atoms. The number of benzene rings is 2. The number of hydrogen-bond acceptors (Lipinski definition) is 4. The van der Waals surface area contributed by atoms with Gasteiger partial charge in [-0.2, -0.15) is 4.31 Å². The van der Waals surface area contributed by atoms with Gasteiger partial charge in [0.2, 0.25) is 10.0 Å². The van der Waals surface area contributed by atoms with Crippen molar-refractivity contribution >= 4 is 44.8 Å². The van der Waals surface area contributed by atoms with Gasteiger partial charge in [0.1, 0.15) is 5.75 Å². The quantitative estimate of drug-likeness (QED) is 0.727. The third-order valence-corrected chi connectivity index (χ3v) is 6.78. The molecule has 6 nitrogen and oxygen atoms in total. The molecule has 0 spiro atoms. The average molecular weight is 443 g/mol. The van der Waals surface area contributed by atoms with E-state index in [0.29, 0.717) is 23.8 Å². The van der Waals surface area contributed by atoms with Crippen LogP contribution in [0.2, 0.25) is 10.0 Å². The number of carbonyl (C=O) groups is 1. The lowest BCUT2D eigenvalue weighted by Gasteiger charge is -2.26. The number of piperidine rings is 1. The number of amides is 1. The minimum atomic E-state index is -3.57. The summed E-state index contributed by atoms with van der Waals surface area (Å²) in [6.45, 7) is 0.771. The van der Waals surface area contributed by atoms with Crippen molar-refractivity contribution in [2.45, 2.75) is 24.2 Å². The summed E-state index contributed by atoms with van der Waals surface area (Å²) < 4.78 is 32.3. The van der Waals surface area contributed by atoms with Crippen molar-refractivity contribution < 1.29 is 17.9 Å². The highest BCUT2D eigenvalue weighted by Gasteiger charge is 2.26. The van der Waals surface area contributed by atoms with E-state index in [1.165, 1.54) is 22.5 Å². The second-order valence-corrected chi connectivity index (χ2v) is 9.18. The van der Waals surface area contributed by atoms with Crippen LogP contribution in [0.25, 0.3) is 0 Å². The van der Waals surface area contributed by atoms with Crippen molar-refractivity contribution in [2.75, 3.05) is 25.0 Å². The van der Waals surface area contributed by atoms with E-state index in [1.54, 1.807) is 24.3 Å². The zero-order chi connectivity index (χ0) is 20.1. The Hall–Kier alpha value is -1.80. The predicted molar refractivity (Wildman–Crippen MR) is 110 cm³/mol. The first-order valence-electron chi connectivity index (χ1n) is 8.84. The molecule has 0 radical (unpaired) electrons. The lowest BCUT2D eigenvalue weighted by molar-refractivity contribution is -0.118. The standard InChI is InChI=1S/C19H20Cl2N2O4S/c20-14-4-6-15(7-5-14)22-19(24)13-27-18-9-8-16(12-17(18)21)28(25,26)23-10-2-1-3-11-23/h4-9,12H,1-3,10-11,13H2,(H,22,24). The largest absolute Gasteiger partial charge is 0.482 e. The van der Waals surface area contributed by atoms with Crippen molar-refractivity contribution in [2.24, 2.45) is 0 Å². The highest BCUT2D eigenvalue weighted by atomic mass is 35.5. The molecule has 0 aromatic heterocycles. The number of ether oxygens (including phenoxy) is 1. The van der Waals surface area contributed by atoms with Crippen LogP contribution in [0.5, 0.6) is 5.75 Å². The minimum Gasteiger partial charge on any atom is -0.482 e. The van der Waals surface area contributed by atoms with Crippen LogP contribution >= 0.6 is 23.2 Å². The average Bonchev–Trinajstić information content (AvgIpc) is 2.69. The monoisotopic (exact) mass is 442 g/mol. The Kier molecular flexibility index (Phi) is 6.82. The Morgan fingerprint density at radius 2 is 1.71 bits per heavy atom. The topological polar surface area (TPSA) is 75.7 Å². The number of carbonyl (C=O) groups excluding carboxylic acids is 1. The van der Waals surface area contributed by atoms with Crippen LogP contribution in [-0.2, 0) is 14.8 Å². The Morgan fingerprint density at radius 3 is 2.36 bits per heavy atom. The second-order valence-electron chi connectivity index (χ2n) is 6.40. The maximum atomic E-state index is 12.7. The van der Waals surface area contributed by atoms with Crippen LogP contribution in [-0.4, -0.2) is 38.3 Å². The summed E-state index contributed by atoms with van der Waals surface area (Å²) in [6.07, 6.45) is 2.76. The summed E-state index contributed by atoms with van der Waals surface area (Å²) in [5, 5.41) is 3.38. The molecule has 150 valence electrons. The van der Waals surface area contributed by atoms with Gasteiger partial charge in [0.25, 0.3) is 5.91 Å². The lowest BCUT2D eigenvalue weighted by Crippen LogP contribution is -2.35. The van der Waals surface area contributed by atoms with Crippen molar-refractivity contribution in [1.29, 1.82) is 0 Å². The summed E-state index contributed by atoms with van der Waals surface area (Å²) in [4.78, 5) is 12.1. The molecule has 1 aliphatic rings. The van der Waals surface area contributed by atoms with Crippen LogP contribution in [0, 0.1) is 0 Å². The summed E-state index contributed by atoms with van der Waals surface area (Å²) in [7, 11) is -3.57. The van der Waals surface area contributed by atoms with E-state index in [-0.39, 0.29) is 28.2 Å². The molecule has 0 saturated carbocycles. The Bertz CT molecular complexity index is 943. The van der Waals surface area contributed by atoms with Crippen molar-refractivity contribution in [3.8, 4) is 5.75 Å². The molecule has 1 heterocycles. The molecular formula is C19H20Cl2N2O4S. The molecule has 1 N–H and O–H groups in total. The molecule has 0 unspecified atom stereocenters. The first-order chi connectivity index (χ1) is 13.4.